The molecule has 0 saturated carbocycles. The van der Waals surface area contributed by atoms with E-state index in [-0.39, 0.29) is 43.6 Å². The van der Waals surface area contributed by atoms with Crippen LogP contribution < -0.4 is 38.5 Å². The summed E-state index contributed by atoms with van der Waals surface area (Å²) < 4.78 is 0. The number of nitrogens with one attached hydrogen (secondary N) is 4. The van der Waals surface area contributed by atoms with E-state index in [0.29, 0.717) is 30.8 Å². The fourth-order valence-corrected chi connectivity index (χ4v) is 5.11. The molecule has 0 aliphatic heterocycles. The number of hydrogen-bond acceptors (Lipinski definition) is 9. The highest BCUT2D eigenvalue weighted by Crippen LogP contribution is 2.10. The molecular formula is C28H54N8O6S2. The number of carbonyl (C=O) groups is 5. The number of amides is 4. The van der Waals surface area contributed by atoms with Crippen molar-refractivity contribution in [2.75, 3.05) is 30.6 Å². The molecule has 14 nitrogen and oxygen atoms in total. The third kappa shape index (κ3) is 18.2. The van der Waals surface area contributed by atoms with Crippen molar-refractivity contribution in [3.63, 3.8) is 0 Å². The van der Waals surface area contributed by atoms with Gasteiger partial charge in [0.2, 0.25) is 23.6 Å². The molecule has 0 fully saturated rings. The molecule has 0 aromatic rings. The molecule has 0 bridgehead atoms. The molecule has 0 heterocycles. The molecule has 0 aromatic carbocycles. The number of carboxylic acids is 1. The fraction of sp³-hybridized carbons (Fsp3) is 0.786. The number of hydrogen-bond donors (Lipinski definition) is 8. The Balaban J connectivity index is 5.98. The van der Waals surface area contributed by atoms with Gasteiger partial charge in [-0.05, 0) is 74.4 Å². The van der Waals surface area contributed by atoms with E-state index in [4.69, 9.17) is 17.2 Å². The van der Waals surface area contributed by atoms with Gasteiger partial charge in [-0.25, -0.2) is 4.79 Å². The van der Waals surface area contributed by atoms with E-state index < -0.39 is 59.8 Å². The lowest BCUT2D eigenvalue weighted by Gasteiger charge is -2.27. The Labute approximate surface area is 270 Å². The maximum Gasteiger partial charge on any atom is 0.326 e. The smallest absolute Gasteiger partial charge is 0.326 e. The van der Waals surface area contributed by atoms with Gasteiger partial charge in [-0.1, -0.05) is 27.7 Å². The molecule has 0 aliphatic rings. The summed E-state index contributed by atoms with van der Waals surface area (Å²) in [6, 6.07) is -4.98. The van der Waals surface area contributed by atoms with Crippen LogP contribution in [-0.4, -0.2) is 101 Å². The van der Waals surface area contributed by atoms with Gasteiger partial charge in [0, 0.05) is 6.54 Å². The van der Waals surface area contributed by atoms with E-state index in [2.05, 4.69) is 26.3 Å². The molecule has 254 valence electrons. The van der Waals surface area contributed by atoms with Crippen LogP contribution in [0.15, 0.2) is 4.99 Å². The van der Waals surface area contributed by atoms with Gasteiger partial charge in [0.1, 0.15) is 24.2 Å². The standard InChI is InChI=1S/C28H54N8O6S2/c1-16(2)14-21(35-23(37)18(29)9-12-43-5)26(40)33-19(8-7-11-32-28(30)31)24(38)34-20(10-13-44-6)25(39)36-22(27(41)42)15-17(3)4/h16-22H,7-15,29H2,1-6H3,(H,33,40)(H,34,38)(H,35,37)(H,36,39)(H,41,42)(H4,30,31,32)/t18-,19-,20-,21-,22-/m0/s1. The summed E-state index contributed by atoms with van der Waals surface area (Å²) in [4.78, 5) is 68.6. The molecule has 0 rings (SSSR count). The first-order valence-corrected chi connectivity index (χ1v) is 17.6. The minimum absolute atomic E-state index is 0.0137. The second kappa shape index (κ2) is 22.7. The summed E-state index contributed by atoms with van der Waals surface area (Å²) in [5.41, 5.74) is 16.8. The molecule has 4 amide bonds. The fourth-order valence-electron chi connectivity index (χ4n) is 4.14. The van der Waals surface area contributed by atoms with Gasteiger partial charge in [0.25, 0.3) is 0 Å². The van der Waals surface area contributed by atoms with Crippen molar-refractivity contribution in [2.24, 2.45) is 34.0 Å². The second-order valence-corrected chi connectivity index (χ2v) is 13.4. The first-order valence-electron chi connectivity index (χ1n) is 14.9. The number of thioether (sulfide) groups is 2. The Morgan fingerprint density at radius 1 is 0.682 bits per heavy atom. The van der Waals surface area contributed by atoms with Gasteiger partial charge in [0.15, 0.2) is 5.96 Å². The SMILES string of the molecule is CSCC[C@H](NC(=O)[C@H](CCCN=C(N)N)NC(=O)[C@H](CC(C)C)NC(=O)[C@@H](N)CCSC)C(=O)N[C@@H](CC(C)C)C(=O)O. The normalized spacial score (nSPS) is 14.6. The summed E-state index contributed by atoms with van der Waals surface area (Å²) in [7, 11) is 0. The lowest BCUT2D eigenvalue weighted by atomic mass is 10.0. The highest BCUT2D eigenvalue weighted by atomic mass is 32.2. The van der Waals surface area contributed by atoms with Crippen molar-refractivity contribution < 1.29 is 29.1 Å². The first kappa shape index (κ1) is 41.3. The van der Waals surface area contributed by atoms with Gasteiger partial charge in [-0.3, -0.25) is 24.2 Å². The third-order valence-electron chi connectivity index (χ3n) is 6.45. The van der Waals surface area contributed by atoms with Crippen LogP contribution in [0.4, 0.5) is 0 Å². The van der Waals surface area contributed by atoms with Gasteiger partial charge < -0.3 is 43.6 Å². The van der Waals surface area contributed by atoms with Crippen LogP contribution in [0.2, 0.25) is 0 Å². The molecule has 16 heteroatoms. The Hall–Kier alpha value is -2.72. The van der Waals surface area contributed by atoms with Crippen molar-refractivity contribution in [3.8, 4) is 0 Å². The molecule has 0 radical (unpaired) electrons. The predicted molar refractivity (Wildman–Crippen MR) is 178 cm³/mol. The summed E-state index contributed by atoms with van der Waals surface area (Å²) >= 11 is 3.02. The second-order valence-electron chi connectivity index (χ2n) is 11.5. The number of nitrogens with zero attached hydrogens (tertiary/aromatic N) is 1. The summed E-state index contributed by atoms with van der Waals surface area (Å²) in [5.74, 6) is -2.33. The number of nitrogens with two attached hydrogens (primary N) is 3. The van der Waals surface area contributed by atoms with Crippen LogP contribution in [0.1, 0.15) is 66.2 Å². The van der Waals surface area contributed by atoms with E-state index in [0.717, 1.165) is 0 Å². The van der Waals surface area contributed by atoms with Crippen LogP contribution >= 0.6 is 23.5 Å². The van der Waals surface area contributed by atoms with Crippen molar-refractivity contribution in [2.45, 2.75) is 96.4 Å². The predicted octanol–water partition coefficient (Wildman–Crippen LogP) is -0.0105. The Bertz CT molecular complexity index is 949. The lowest BCUT2D eigenvalue weighted by molar-refractivity contribution is -0.142. The minimum Gasteiger partial charge on any atom is -0.480 e. The van der Waals surface area contributed by atoms with Crippen LogP contribution in [-0.2, 0) is 24.0 Å². The van der Waals surface area contributed by atoms with Gasteiger partial charge in [-0.15, -0.1) is 0 Å². The monoisotopic (exact) mass is 662 g/mol. The van der Waals surface area contributed by atoms with Crippen LogP contribution in [0.5, 0.6) is 0 Å². The number of aliphatic imine (C=N–C) groups is 1. The summed E-state index contributed by atoms with van der Waals surface area (Å²) in [6.07, 6.45) is 5.42. The zero-order valence-electron chi connectivity index (χ0n) is 26.9. The van der Waals surface area contributed by atoms with Crippen LogP contribution in [0.3, 0.4) is 0 Å². The largest absolute Gasteiger partial charge is 0.480 e. The number of rotatable bonds is 23. The molecule has 0 saturated heterocycles. The molecule has 0 spiro atoms. The Kier molecular flexibility index (Phi) is 21.3. The molecular weight excluding hydrogens is 608 g/mol. The maximum atomic E-state index is 13.6. The van der Waals surface area contributed by atoms with Crippen molar-refractivity contribution in [1.82, 2.24) is 21.3 Å². The summed E-state index contributed by atoms with van der Waals surface area (Å²) in [5, 5.41) is 20.3. The third-order valence-corrected chi connectivity index (χ3v) is 7.74. The lowest BCUT2D eigenvalue weighted by Crippen LogP contribution is -2.58. The van der Waals surface area contributed by atoms with Gasteiger partial charge >= 0.3 is 5.97 Å². The molecule has 11 N–H and O–H groups in total. The van der Waals surface area contributed by atoms with E-state index >= 15 is 0 Å². The van der Waals surface area contributed by atoms with E-state index in [1.54, 1.807) is 11.8 Å². The average Bonchev–Trinajstić information content (AvgIpc) is 2.93. The van der Waals surface area contributed by atoms with Gasteiger partial charge in [0.05, 0.1) is 6.04 Å². The summed E-state index contributed by atoms with van der Waals surface area (Å²) in [6.45, 7) is 7.69. The molecule has 0 unspecified atom stereocenters. The molecule has 0 aromatic heterocycles. The van der Waals surface area contributed by atoms with Crippen molar-refractivity contribution >= 4 is 59.1 Å². The molecule has 0 aliphatic carbocycles. The number of aliphatic carboxylic acids is 1. The number of guanidine groups is 1. The Morgan fingerprint density at radius 2 is 1.11 bits per heavy atom. The van der Waals surface area contributed by atoms with E-state index in [9.17, 15) is 29.1 Å². The van der Waals surface area contributed by atoms with Crippen molar-refractivity contribution in [1.29, 1.82) is 0 Å². The molecule has 5 atom stereocenters. The van der Waals surface area contributed by atoms with Gasteiger partial charge in [-0.2, -0.15) is 23.5 Å². The zero-order chi connectivity index (χ0) is 33.8. The maximum absolute atomic E-state index is 13.6. The number of carbonyl (C=O) groups excluding carboxylic acids is 4. The first-order chi connectivity index (χ1) is 20.6. The van der Waals surface area contributed by atoms with E-state index in [1.807, 2.05) is 40.2 Å². The Morgan fingerprint density at radius 3 is 1.59 bits per heavy atom. The highest BCUT2D eigenvalue weighted by Gasteiger charge is 2.32. The topological polar surface area (TPSA) is 244 Å². The number of carboxylic acid groups (broad SMARTS) is 1. The minimum atomic E-state index is -1.17. The highest BCUT2D eigenvalue weighted by molar-refractivity contribution is 7.98. The zero-order valence-corrected chi connectivity index (χ0v) is 28.5. The quantitative estimate of drug-likeness (QED) is 0.0411. The van der Waals surface area contributed by atoms with Crippen LogP contribution in [0.25, 0.3) is 0 Å². The van der Waals surface area contributed by atoms with Crippen molar-refractivity contribution in [3.05, 3.63) is 0 Å². The van der Waals surface area contributed by atoms with E-state index in [1.165, 1.54) is 11.8 Å². The molecule has 44 heavy (non-hydrogen) atoms. The van der Waals surface area contributed by atoms with Crippen LogP contribution in [0, 0.1) is 11.8 Å². The average molecular weight is 663 g/mol.